The summed E-state index contributed by atoms with van der Waals surface area (Å²) < 4.78 is 5.25. The fourth-order valence-electron chi connectivity index (χ4n) is 1.65. The maximum atomic E-state index is 8.54. The Morgan fingerprint density at radius 1 is 1.13 bits per heavy atom. The van der Waals surface area contributed by atoms with Crippen LogP contribution in [0.15, 0.2) is 41.6 Å². The Morgan fingerprint density at radius 3 is 2.53 bits per heavy atom. The molecular formula is C12H11NO2. The topological polar surface area (TPSA) is 41.8 Å². The van der Waals surface area contributed by atoms with Crippen molar-refractivity contribution in [3.05, 3.63) is 42.0 Å². The minimum Gasteiger partial charge on any atom is -0.496 e. The molecule has 76 valence electrons. The molecule has 2 rings (SSSR count). The Morgan fingerprint density at radius 2 is 1.87 bits per heavy atom. The molecule has 0 bridgehead atoms. The summed E-state index contributed by atoms with van der Waals surface area (Å²) in [6.07, 6.45) is 1.42. The summed E-state index contributed by atoms with van der Waals surface area (Å²) in [5.41, 5.74) is 0.869. The third-order valence-corrected chi connectivity index (χ3v) is 2.33. The molecule has 0 spiro atoms. The van der Waals surface area contributed by atoms with Crippen LogP contribution in [0.25, 0.3) is 10.8 Å². The van der Waals surface area contributed by atoms with Crippen molar-refractivity contribution in [3.63, 3.8) is 0 Å². The van der Waals surface area contributed by atoms with Crippen LogP contribution in [0.5, 0.6) is 5.75 Å². The highest BCUT2D eigenvalue weighted by Crippen LogP contribution is 2.27. The molecule has 2 aromatic rings. The van der Waals surface area contributed by atoms with E-state index < -0.39 is 0 Å². The number of benzene rings is 2. The second kappa shape index (κ2) is 4.00. The van der Waals surface area contributed by atoms with Gasteiger partial charge in [0.25, 0.3) is 0 Å². The summed E-state index contributed by atoms with van der Waals surface area (Å²) in [5, 5.41) is 13.6. The first-order valence-corrected chi connectivity index (χ1v) is 4.60. The lowest BCUT2D eigenvalue weighted by molar-refractivity contribution is 0.322. The maximum absolute atomic E-state index is 8.54. The maximum Gasteiger partial charge on any atom is 0.126 e. The monoisotopic (exact) mass is 201 g/mol. The molecule has 0 aromatic heterocycles. The lowest BCUT2D eigenvalue weighted by atomic mass is 10.0. The molecular weight excluding hydrogens is 190 g/mol. The average molecular weight is 201 g/mol. The van der Waals surface area contributed by atoms with Crippen molar-refractivity contribution in [2.45, 2.75) is 0 Å². The third-order valence-electron chi connectivity index (χ3n) is 2.33. The summed E-state index contributed by atoms with van der Waals surface area (Å²) in [5.74, 6) is 0.820. The van der Waals surface area contributed by atoms with Crippen LogP contribution in [0.4, 0.5) is 0 Å². The van der Waals surface area contributed by atoms with Crippen molar-refractivity contribution >= 4 is 17.0 Å². The van der Waals surface area contributed by atoms with Crippen LogP contribution in [-0.2, 0) is 0 Å². The first-order valence-electron chi connectivity index (χ1n) is 4.60. The number of methoxy groups -OCH3 is 1. The number of fused-ring (bicyclic) bond motifs is 1. The molecule has 15 heavy (non-hydrogen) atoms. The highest BCUT2D eigenvalue weighted by molar-refractivity contribution is 6.02. The van der Waals surface area contributed by atoms with Gasteiger partial charge in [0, 0.05) is 10.9 Å². The normalized spacial score (nSPS) is 11.0. The number of hydrogen-bond acceptors (Lipinski definition) is 3. The first kappa shape index (κ1) is 9.52. The number of oxime groups is 1. The van der Waals surface area contributed by atoms with Crippen LogP contribution in [0.1, 0.15) is 5.56 Å². The Bertz CT molecular complexity index is 506. The Balaban J connectivity index is 2.77. The van der Waals surface area contributed by atoms with Gasteiger partial charge in [-0.2, -0.15) is 0 Å². The van der Waals surface area contributed by atoms with Crippen LogP contribution in [0.2, 0.25) is 0 Å². The molecule has 1 N–H and O–H groups in total. The molecule has 0 saturated heterocycles. The molecule has 2 aromatic carbocycles. The molecule has 0 radical (unpaired) electrons. The van der Waals surface area contributed by atoms with E-state index in [2.05, 4.69) is 5.16 Å². The van der Waals surface area contributed by atoms with E-state index in [1.54, 1.807) is 7.11 Å². The van der Waals surface area contributed by atoms with Crippen LogP contribution in [0.3, 0.4) is 0 Å². The van der Waals surface area contributed by atoms with Crippen molar-refractivity contribution in [2.24, 2.45) is 5.16 Å². The van der Waals surface area contributed by atoms with Gasteiger partial charge in [-0.25, -0.2) is 0 Å². The van der Waals surface area contributed by atoms with Gasteiger partial charge < -0.3 is 9.94 Å². The summed E-state index contributed by atoms with van der Waals surface area (Å²) in [4.78, 5) is 0. The largest absolute Gasteiger partial charge is 0.496 e. The average Bonchev–Trinajstić information content (AvgIpc) is 2.30. The third kappa shape index (κ3) is 1.64. The first-order chi connectivity index (χ1) is 7.36. The van der Waals surface area contributed by atoms with Gasteiger partial charge in [-0.3, -0.25) is 0 Å². The number of hydrogen-bond donors (Lipinski definition) is 1. The van der Waals surface area contributed by atoms with Gasteiger partial charge in [0.15, 0.2) is 0 Å². The van der Waals surface area contributed by atoms with Gasteiger partial charge >= 0.3 is 0 Å². The SMILES string of the molecule is COc1ccc(C=NO)c2ccccc12. The lowest BCUT2D eigenvalue weighted by Gasteiger charge is -2.06. The van der Waals surface area contributed by atoms with Gasteiger partial charge in [0.1, 0.15) is 5.75 Å². The molecule has 0 atom stereocenters. The van der Waals surface area contributed by atoms with Crippen LogP contribution < -0.4 is 4.74 Å². The highest BCUT2D eigenvalue weighted by Gasteiger charge is 2.03. The van der Waals surface area contributed by atoms with E-state index in [0.717, 1.165) is 22.1 Å². The molecule has 3 heteroatoms. The Hall–Kier alpha value is -2.03. The molecule has 0 fully saturated rings. The van der Waals surface area contributed by atoms with Gasteiger partial charge in [0.05, 0.1) is 13.3 Å². The van der Waals surface area contributed by atoms with Crippen molar-refractivity contribution in [2.75, 3.05) is 7.11 Å². The predicted molar refractivity (Wildman–Crippen MR) is 59.9 cm³/mol. The lowest BCUT2D eigenvalue weighted by Crippen LogP contribution is -1.89. The van der Waals surface area contributed by atoms with E-state index in [1.807, 2.05) is 36.4 Å². The smallest absolute Gasteiger partial charge is 0.126 e. The number of ether oxygens (including phenoxy) is 1. The van der Waals surface area contributed by atoms with Crippen LogP contribution >= 0.6 is 0 Å². The molecule has 0 heterocycles. The molecule has 0 aliphatic carbocycles. The molecule has 0 amide bonds. The van der Waals surface area contributed by atoms with Gasteiger partial charge in [-0.1, -0.05) is 29.4 Å². The summed E-state index contributed by atoms with van der Waals surface area (Å²) in [6.45, 7) is 0. The molecule has 0 unspecified atom stereocenters. The fourth-order valence-corrected chi connectivity index (χ4v) is 1.65. The van der Waals surface area contributed by atoms with Crippen molar-refractivity contribution in [1.82, 2.24) is 0 Å². The summed E-state index contributed by atoms with van der Waals surface area (Å²) >= 11 is 0. The van der Waals surface area contributed by atoms with Crippen LogP contribution in [-0.4, -0.2) is 18.5 Å². The van der Waals surface area contributed by atoms with E-state index in [9.17, 15) is 0 Å². The van der Waals surface area contributed by atoms with E-state index in [0.29, 0.717) is 0 Å². The van der Waals surface area contributed by atoms with Crippen molar-refractivity contribution in [1.29, 1.82) is 0 Å². The summed E-state index contributed by atoms with van der Waals surface area (Å²) in [7, 11) is 1.64. The predicted octanol–water partition coefficient (Wildman–Crippen LogP) is 2.66. The minimum atomic E-state index is 0.820. The van der Waals surface area contributed by atoms with E-state index in [1.165, 1.54) is 6.21 Å². The standard InChI is InChI=1S/C12H11NO2/c1-15-12-7-6-9(8-13-14)10-4-2-3-5-11(10)12/h2-8,14H,1H3. The zero-order valence-corrected chi connectivity index (χ0v) is 8.34. The zero-order chi connectivity index (χ0) is 10.7. The summed E-state index contributed by atoms with van der Waals surface area (Å²) in [6, 6.07) is 11.6. The minimum absolute atomic E-state index is 0.820. The Labute approximate surface area is 87.6 Å². The molecule has 0 aliphatic heterocycles. The zero-order valence-electron chi connectivity index (χ0n) is 8.34. The van der Waals surface area contributed by atoms with Gasteiger partial charge in [-0.05, 0) is 17.5 Å². The quantitative estimate of drug-likeness (QED) is 0.461. The number of nitrogens with zero attached hydrogens (tertiary/aromatic N) is 1. The molecule has 0 saturated carbocycles. The van der Waals surface area contributed by atoms with Crippen LogP contribution in [0, 0.1) is 0 Å². The van der Waals surface area contributed by atoms with Gasteiger partial charge in [0.2, 0.25) is 0 Å². The second-order valence-corrected chi connectivity index (χ2v) is 3.15. The second-order valence-electron chi connectivity index (χ2n) is 3.15. The fraction of sp³-hybridized carbons (Fsp3) is 0.0833. The van der Waals surface area contributed by atoms with Crippen molar-refractivity contribution in [3.8, 4) is 5.75 Å². The van der Waals surface area contributed by atoms with Crippen molar-refractivity contribution < 1.29 is 9.94 Å². The van der Waals surface area contributed by atoms with E-state index >= 15 is 0 Å². The van der Waals surface area contributed by atoms with E-state index in [4.69, 9.17) is 9.94 Å². The number of rotatable bonds is 2. The Kier molecular flexibility index (Phi) is 2.54. The van der Waals surface area contributed by atoms with E-state index in [-0.39, 0.29) is 0 Å². The highest BCUT2D eigenvalue weighted by atomic mass is 16.5. The molecule has 0 aliphatic rings. The molecule has 3 nitrogen and oxygen atoms in total. The van der Waals surface area contributed by atoms with Gasteiger partial charge in [-0.15, -0.1) is 0 Å².